The molecule has 0 aliphatic rings. The summed E-state index contributed by atoms with van der Waals surface area (Å²) in [6.45, 7) is -0.308. The second-order valence-corrected chi connectivity index (χ2v) is 9.10. The van der Waals surface area contributed by atoms with Gasteiger partial charge in [-0.25, -0.2) is 19.1 Å². The van der Waals surface area contributed by atoms with Crippen LogP contribution in [0.25, 0.3) is 34.0 Å². The largest absolute Gasteiger partial charge is 0.465 e. The molecule has 42 heavy (non-hydrogen) atoms. The molecule has 5 aromatic rings. The Morgan fingerprint density at radius 1 is 0.976 bits per heavy atom. The summed E-state index contributed by atoms with van der Waals surface area (Å²) in [6.07, 6.45) is 4.32. The topological polar surface area (TPSA) is 130 Å². The number of carbonyl (C=O) groups is 3. The van der Waals surface area contributed by atoms with Crippen molar-refractivity contribution in [3.8, 4) is 16.9 Å². The molecule has 0 radical (unpaired) electrons. The average molecular weight is 564 g/mol. The quantitative estimate of drug-likeness (QED) is 0.160. The molecular weight excluding hydrogens is 538 g/mol. The maximum absolute atomic E-state index is 12.9. The van der Waals surface area contributed by atoms with Gasteiger partial charge in [0, 0.05) is 29.8 Å². The minimum atomic E-state index is -0.753. The Morgan fingerprint density at radius 2 is 1.71 bits per heavy atom. The van der Waals surface area contributed by atoms with Gasteiger partial charge in [0.15, 0.2) is 6.61 Å². The Hall–Kier alpha value is -5.77. The van der Waals surface area contributed by atoms with Crippen LogP contribution in [0, 0.1) is 0 Å². The average Bonchev–Trinajstić information content (AvgIpc) is 3.45. The lowest BCUT2D eigenvalue weighted by molar-refractivity contribution is -0.143. The second-order valence-electron chi connectivity index (χ2n) is 9.10. The van der Waals surface area contributed by atoms with Gasteiger partial charge < -0.3 is 19.2 Å². The number of aromatic nitrogens is 2. The smallest absolute Gasteiger partial charge is 0.345 e. The summed E-state index contributed by atoms with van der Waals surface area (Å²) in [5.74, 6) is -1.71. The van der Waals surface area contributed by atoms with Gasteiger partial charge in [-0.3, -0.25) is 4.79 Å². The summed E-state index contributed by atoms with van der Waals surface area (Å²) < 4.78 is 16.8. The van der Waals surface area contributed by atoms with Crippen molar-refractivity contribution in [1.29, 1.82) is 0 Å². The van der Waals surface area contributed by atoms with Crippen LogP contribution in [0.5, 0.6) is 0 Å². The van der Waals surface area contributed by atoms with E-state index in [1.165, 1.54) is 13.2 Å². The van der Waals surface area contributed by atoms with E-state index in [4.69, 9.17) is 9.15 Å². The molecular formula is C32H25N3O7. The zero-order valence-electron chi connectivity index (χ0n) is 22.5. The van der Waals surface area contributed by atoms with Gasteiger partial charge in [0.25, 0.3) is 5.91 Å². The lowest BCUT2D eigenvalue weighted by Gasteiger charge is -2.06. The van der Waals surface area contributed by atoms with Crippen molar-refractivity contribution >= 4 is 34.9 Å². The van der Waals surface area contributed by atoms with Gasteiger partial charge in [-0.05, 0) is 48.0 Å². The van der Waals surface area contributed by atoms with Crippen molar-refractivity contribution in [2.24, 2.45) is 0 Å². The van der Waals surface area contributed by atoms with Crippen molar-refractivity contribution in [3.05, 3.63) is 124 Å². The molecule has 0 aliphatic heterocycles. The Kier molecular flexibility index (Phi) is 8.34. The molecule has 5 rings (SSSR count). The van der Waals surface area contributed by atoms with Crippen LogP contribution in [-0.4, -0.2) is 41.3 Å². The maximum Gasteiger partial charge on any atom is 0.345 e. The predicted molar refractivity (Wildman–Crippen MR) is 155 cm³/mol. The van der Waals surface area contributed by atoms with Gasteiger partial charge in [0.1, 0.15) is 11.3 Å². The number of para-hydroxylation sites is 2. The van der Waals surface area contributed by atoms with Crippen molar-refractivity contribution in [1.82, 2.24) is 15.1 Å². The van der Waals surface area contributed by atoms with E-state index in [1.807, 2.05) is 42.5 Å². The van der Waals surface area contributed by atoms with Crippen LogP contribution in [-0.2, 0) is 25.6 Å². The maximum atomic E-state index is 12.9. The first-order valence-electron chi connectivity index (χ1n) is 12.9. The minimum Gasteiger partial charge on any atom is -0.465 e. The molecule has 3 aromatic carbocycles. The molecule has 0 spiro atoms. The number of nitrogens with one attached hydrogen (secondary N) is 1. The number of esters is 2. The predicted octanol–water partition coefficient (Wildman–Crippen LogP) is 4.31. The number of rotatable bonds is 9. The highest BCUT2D eigenvalue weighted by molar-refractivity contribution is 5.91. The van der Waals surface area contributed by atoms with E-state index >= 15 is 0 Å². The van der Waals surface area contributed by atoms with Crippen LogP contribution in [0.1, 0.15) is 21.5 Å². The third-order valence-electron chi connectivity index (χ3n) is 6.27. The number of carbonyl (C=O) groups excluding carboxylic acids is 3. The fraction of sp³-hybridized carbons (Fsp3) is 0.0938. The fourth-order valence-corrected chi connectivity index (χ4v) is 4.13. The van der Waals surface area contributed by atoms with Crippen molar-refractivity contribution < 1.29 is 28.3 Å². The van der Waals surface area contributed by atoms with Gasteiger partial charge in [-0.2, -0.15) is 5.10 Å². The molecule has 0 aliphatic carbocycles. The van der Waals surface area contributed by atoms with Gasteiger partial charge in [0.2, 0.25) is 0 Å². The Bertz CT molecular complexity index is 1840. The molecule has 1 N–H and O–H groups in total. The number of hydrogen-bond acceptors (Lipinski definition) is 8. The van der Waals surface area contributed by atoms with Gasteiger partial charge in [-0.1, -0.05) is 48.5 Å². The van der Waals surface area contributed by atoms with Crippen molar-refractivity contribution in [3.63, 3.8) is 0 Å². The number of amides is 1. The molecule has 0 atom stereocenters. The third-order valence-corrected chi connectivity index (χ3v) is 6.27. The molecule has 1 amide bonds. The summed E-state index contributed by atoms with van der Waals surface area (Å²) >= 11 is 0. The van der Waals surface area contributed by atoms with Gasteiger partial charge >= 0.3 is 17.6 Å². The highest BCUT2D eigenvalue weighted by Crippen LogP contribution is 2.25. The van der Waals surface area contributed by atoms with Crippen LogP contribution in [0.2, 0.25) is 0 Å². The second kappa shape index (κ2) is 12.6. The van der Waals surface area contributed by atoms with Gasteiger partial charge in [0.05, 0.1) is 23.9 Å². The first kappa shape index (κ1) is 27.8. The van der Waals surface area contributed by atoms with Crippen LogP contribution in [0.15, 0.2) is 106 Å². The number of nitrogens with zero attached hydrogens (tertiary/aromatic N) is 2. The highest BCUT2D eigenvalue weighted by atomic mass is 16.5. The van der Waals surface area contributed by atoms with E-state index in [0.717, 1.165) is 22.7 Å². The Labute approximate surface area is 239 Å². The number of ether oxygens (including phenoxy) is 2. The molecule has 10 nitrogen and oxygen atoms in total. The van der Waals surface area contributed by atoms with Crippen LogP contribution >= 0.6 is 0 Å². The van der Waals surface area contributed by atoms with E-state index in [-0.39, 0.29) is 12.1 Å². The van der Waals surface area contributed by atoms with E-state index < -0.39 is 30.1 Å². The van der Waals surface area contributed by atoms with Gasteiger partial charge in [-0.15, -0.1) is 0 Å². The summed E-state index contributed by atoms with van der Waals surface area (Å²) in [7, 11) is 1.30. The zero-order valence-corrected chi connectivity index (χ0v) is 22.5. The Morgan fingerprint density at radius 3 is 2.48 bits per heavy atom. The monoisotopic (exact) mass is 563 g/mol. The van der Waals surface area contributed by atoms with Crippen molar-refractivity contribution in [2.75, 3.05) is 13.7 Å². The number of hydrogen-bond donors (Lipinski definition) is 1. The number of fused-ring (bicyclic) bond motifs is 1. The van der Waals surface area contributed by atoms with Crippen LogP contribution < -0.4 is 10.9 Å². The molecule has 0 fully saturated rings. The highest BCUT2D eigenvalue weighted by Gasteiger charge is 2.17. The molecule has 2 aromatic heterocycles. The van der Waals surface area contributed by atoms with Crippen LogP contribution in [0.3, 0.4) is 0 Å². The van der Waals surface area contributed by atoms with E-state index in [1.54, 1.807) is 53.3 Å². The molecule has 210 valence electrons. The minimum absolute atomic E-state index is 0.185. The Balaban J connectivity index is 1.28. The molecule has 0 bridgehead atoms. The standard InChI is InChI=1S/C32H25N3O7/c1-40-31(38)22-13-11-21(12-14-22)18-33-28(36)20-41-29(37)16-15-24-19-35(25-8-3-2-4-9-25)34-30(24)26-17-23-7-5-6-10-27(23)42-32(26)39/h2-17,19H,18,20H2,1H3,(H,33,36). The SMILES string of the molecule is COC(=O)c1ccc(CNC(=O)COC(=O)C=Cc2cn(-c3ccccc3)nc2-c2cc3ccccc3oc2=O)cc1. The molecule has 0 unspecified atom stereocenters. The summed E-state index contributed by atoms with van der Waals surface area (Å²) in [5, 5.41) is 7.98. The molecule has 10 heteroatoms. The third kappa shape index (κ3) is 6.50. The zero-order chi connectivity index (χ0) is 29.5. The lowest BCUT2D eigenvalue weighted by atomic mass is 10.1. The lowest BCUT2D eigenvalue weighted by Crippen LogP contribution is -2.28. The fourth-order valence-electron chi connectivity index (χ4n) is 4.13. The summed E-state index contributed by atoms with van der Waals surface area (Å²) in [6, 6.07) is 24.7. The number of benzene rings is 3. The van der Waals surface area contributed by atoms with E-state index in [0.29, 0.717) is 22.4 Å². The summed E-state index contributed by atoms with van der Waals surface area (Å²) in [4.78, 5) is 49.1. The van der Waals surface area contributed by atoms with Crippen LogP contribution in [0.4, 0.5) is 0 Å². The first-order valence-corrected chi connectivity index (χ1v) is 12.9. The number of methoxy groups -OCH3 is 1. The molecule has 0 saturated heterocycles. The first-order chi connectivity index (χ1) is 20.4. The summed E-state index contributed by atoms with van der Waals surface area (Å²) in [5.41, 5.74) is 2.80. The molecule has 0 saturated carbocycles. The normalized spacial score (nSPS) is 11.0. The van der Waals surface area contributed by atoms with E-state index in [2.05, 4.69) is 15.2 Å². The van der Waals surface area contributed by atoms with Crippen molar-refractivity contribution in [2.45, 2.75) is 6.54 Å². The molecule has 2 heterocycles. The van der Waals surface area contributed by atoms with E-state index in [9.17, 15) is 19.2 Å².